The summed E-state index contributed by atoms with van der Waals surface area (Å²) in [5.41, 5.74) is 0. The zero-order valence-corrected chi connectivity index (χ0v) is 9.45. The predicted molar refractivity (Wildman–Crippen MR) is 57.9 cm³/mol. The topological polar surface area (TPSA) is 39.1 Å². The molecule has 0 saturated carbocycles. The van der Waals surface area contributed by atoms with Crippen LogP contribution in [0.1, 0.15) is 33.6 Å². The predicted octanol–water partition coefficient (Wildman–Crippen LogP) is 1.36. The zero-order chi connectivity index (χ0) is 10.6. The quantitative estimate of drug-likeness (QED) is 0.723. The van der Waals surface area contributed by atoms with Crippen LogP contribution in [0, 0.1) is 11.3 Å². The number of hydrogen-bond acceptors (Lipinski definition) is 3. The molecule has 2 atom stereocenters. The van der Waals surface area contributed by atoms with Crippen LogP contribution < -0.4 is 5.32 Å². The first-order valence-electron chi connectivity index (χ1n) is 5.51. The van der Waals surface area contributed by atoms with Gasteiger partial charge in [0.15, 0.2) is 0 Å². The average molecular weight is 195 g/mol. The molecule has 0 bridgehead atoms. The second kappa shape index (κ2) is 5.33. The van der Waals surface area contributed by atoms with Crippen molar-refractivity contribution in [2.45, 2.75) is 51.7 Å². The fraction of sp³-hybridized carbons (Fsp3) is 0.909. The van der Waals surface area contributed by atoms with Crippen LogP contribution >= 0.6 is 0 Å². The lowest BCUT2D eigenvalue weighted by Crippen LogP contribution is -2.43. The van der Waals surface area contributed by atoms with E-state index < -0.39 is 0 Å². The van der Waals surface area contributed by atoms with E-state index in [0.717, 1.165) is 13.1 Å². The maximum Gasteiger partial charge on any atom is 0.0638 e. The smallest absolute Gasteiger partial charge is 0.0638 e. The fourth-order valence-electron chi connectivity index (χ4n) is 2.06. The Morgan fingerprint density at radius 1 is 1.57 bits per heavy atom. The van der Waals surface area contributed by atoms with Crippen LogP contribution in [0.5, 0.6) is 0 Å². The van der Waals surface area contributed by atoms with Gasteiger partial charge in [-0.15, -0.1) is 0 Å². The molecule has 3 heteroatoms. The molecule has 80 valence electrons. The van der Waals surface area contributed by atoms with Crippen molar-refractivity contribution in [1.82, 2.24) is 10.2 Å². The maximum absolute atomic E-state index is 8.77. The molecular weight excluding hydrogens is 174 g/mol. The third-order valence-electron chi connectivity index (χ3n) is 2.98. The number of nitrogens with one attached hydrogen (secondary N) is 1. The molecule has 1 aliphatic heterocycles. The summed E-state index contributed by atoms with van der Waals surface area (Å²) in [4.78, 5) is 2.44. The molecular formula is C11H21N3. The van der Waals surface area contributed by atoms with Crippen LogP contribution in [0.25, 0.3) is 0 Å². The van der Waals surface area contributed by atoms with E-state index in [1.807, 2.05) is 0 Å². The highest BCUT2D eigenvalue weighted by atomic mass is 15.2. The van der Waals surface area contributed by atoms with Gasteiger partial charge < -0.3 is 5.32 Å². The van der Waals surface area contributed by atoms with Crippen molar-refractivity contribution in [3.05, 3.63) is 0 Å². The van der Waals surface area contributed by atoms with E-state index in [4.69, 9.17) is 5.26 Å². The van der Waals surface area contributed by atoms with Gasteiger partial charge in [0.2, 0.25) is 0 Å². The second-order valence-electron chi connectivity index (χ2n) is 4.45. The van der Waals surface area contributed by atoms with Gasteiger partial charge in [-0.05, 0) is 27.2 Å². The molecule has 1 fully saturated rings. The molecule has 3 nitrogen and oxygen atoms in total. The first-order valence-corrected chi connectivity index (χ1v) is 5.51. The maximum atomic E-state index is 8.77. The van der Waals surface area contributed by atoms with Crippen LogP contribution in [0.3, 0.4) is 0 Å². The van der Waals surface area contributed by atoms with Gasteiger partial charge in [0.1, 0.15) is 0 Å². The number of hydrogen-bond donors (Lipinski definition) is 1. The number of nitriles is 1. The molecule has 0 aromatic carbocycles. The molecule has 2 unspecified atom stereocenters. The number of nitrogens with zero attached hydrogens (tertiary/aromatic N) is 2. The minimum atomic E-state index is 0.393. The Bertz CT molecular complexity index is 207. The molecule has 0 aromatic heterocycles. The summed E-state index contributed by atoms with van der Waals surface area (Å²) in [6.07, 6.45) is 1.82. The molecule has 1 rings (SSSR count). The van der Waals surface area contributed by atoms with Crippen molar-refractivity contribution in [1.29, 1.82) is 5.26 Å². The van der Waals surface area contributed by atoms with Crippen LogP contribution in [0.2, 0.25) is 0 Å². The molecule has 1 N–H and O–H groups in total. The standard InChI is InChI=1S/C11H21N3/c1-9(2)14-7-5-10(3)13-8-11(14)4-6-12/h9-11,13H,4-5,7-8H2,1-3H3. The van der Waals surface area contributed by atoms with Crippen LogP contribution in [0.4, 0.5) is 0 Å². The lowest BCUT2D eigenvalue weighted by atomic mass is 10.1. The summed E-state index contributed by atoms with van der Waals surface area (Å²) in [7, 11) is 0. The van der Waals surface area contributed by atoms with E-state index in [2.05, 4.69) is 37.1 Å². The van der Waals surface area contributed by atoms with E-state index in [1.165, 1.54) is 6.42 Å². The second-order valence-corrected chi connectivity index (χ2v) is 4.45. The molecule has 0 amide bonds. The molecule has 1 heterocycles. The molecule has 0 spiro atoms. The molecule has 1 aliphatic rings. The minimum Gasteiger partial charge on any atom is -0.313 e. The molecule has 0 aliphatic carbocycles. The van der Waals surface area contributed by atoms with E-state index >= 15 is 0 Å². The Morgan fingerprint density at radius 3 is 2.86 bits per heavy atom. The van der Waals surface area contributed by atoms with Crippen molar-refractivity contribution < 1.29 is 0 Å². The Kier molecular flexibility index (Phi) is 4.37. The fourth-order valence-corrected chi connectivity index (χ4v) is 2.06. The molecule has 1 saturated heterocycles. The summed E-state index contributed by atoms with van der Waals surface area (Å²) in [5, 5.41) is 12.2. The highest BCUT2D eigenvalue weighted by Crippen LogP contribution is 2.13. The Hall–Kier alpha value is -0.590. The largest absolute Gasteiger partial charge is 0.313 e. The van der Waals surface area contributed by atoms with Crippen molar-refractivity contribution in [3.63, 3.8) is 0 Å². The first kappa shape index (κ1) is 11.5. The van der Waals surface area contributed by atoms with Crippen LogP contribution in [0.15, 0.2) is 0 Å². The van der Waals surface area contributed by atoms with Crippen molar-refractivity contribution in [2.24, 2.45) is 0 Å². The van der Waals surface area contributed by atoms with Gasteiger partial charge in [-0.2, -0.15) is 5.26 Å². The van der Waals surface area contributed by atoms with Gasteiger partial charge in [-0.3, -0.25) is 4.90 Å². The van der Waals surface area contributed by atoms with Gasteiger partial charge >= 0.3 is 0 Å². The Labute approximate surface area is 87.1 Å². The van der Waals surface area contributed by atoms with Gasteiger partial charge in [0.05, 0.1) is 12.5 Å². The van der Waals surface area contributed by atoms with Crippen molar-refractivity contribution >= 4 is 0 Å². The lowest BCUT2D eigenvalue weighted by molar-refractivity contribution is 0.166. The van der Waals surface area contributed by atoms with Crippen molar-refractivity contribution in [2.75, 3.05) is 13.1 Å². The SMILES string of the molecule is CC1CCN(C(C)C)C(CC#N)CN1. The highest BCUT2D eigenvalue weighted by Gasteiger charge is 2.24. The van der Waals surface area contributed by atoms with Gasteiger partial charge in [0, 0.05) is 31.2 Å². The van der Waals surface area contributed by atoms with E-state index in [0.29, 0.717) is 24.5 Å². The number of rotatable bonds is 2. The van der Waals surface area contributed by atoms with Gasteiger partial charge in [0.25, 0.3) is 0 Å². The Morgan fingerprint density at radius 2 is 2.29 bits per heavy atom. The average Bonchev–Trinajstić information content (AvgIpc) is 2.29. The van der Waals surface area contributed by atoms with E-state index in [-0.39, 0.29) is 0 Å². The Balaban J connectivity index is 2.61. The minimum absolute atomic E-state index is 0.393. The van der Waals surface area contributed by atoms with E-state index in [9.17, 15) is 0 Å². The third-order valence-corrected chi connectivity index (χ3v) is 2.98. The van der Waals surface area contributed by atoms with Gasteiger partial charge in [-0.1, -0.05) is 0 Å². The first-order chi connectivity index (χ1) is 6.65. The summed E-state index contributed by atoms with van der Waals surface area (Å²) in [6.45, 7) is 8.69. The summed E-state index contributed by atoms with van der Waals surface area (Å²) in [6, 6.07) is 3.80. The van der Waals surface area contributed by atoms with Crippen molar-refractivity contribution in [3.8, 4) is 6.07 Å². The van der Waals surface area contributed by atoms with Crippen LogP contribution in [-0.2, 0) is 0 Å². The lowest BCUT2D eigenvalue weighted by Gasteiger charge is -2.31. The highest BCUT2D eigenvalue weighted by molar-refractivity contribution is 4.89. The monoisotopic (exact) mass is 195 g/mol. The molecule has 14 heavy (non-hydrogen) atoms. The normalized spacial score (nSPS) is 29.9. The molecule has 0 radical (unpaired) electrons. The van der Waals surface area contributed by atoms with E-state index in [1.54, 1.807) is 0 Å². The summed E-state index contributed by atoms with van der Waals surface area (Å²) < 4.78 is 0. The van der Waals surface area contributed by atoms with Gasteiger partial charge in [-0.25, -0.2) is 0 Å². The summed E-state index contributed by atoms with van der Waals surface area (Å²) in [5.74, 6) is 0. The zero-order valence-electron chi connectivity index (χ0n) is 9.45. The summed E-state index contributed by atoms with van der Waals surface area (Å²) >= 11 is 0. The van der Waals surface area contributed by atoms with Crippen LogP contribution in [-0.4, -0.2) is 36.1 Å². The third kappa shape index (κ3) is 2.97. The molecule has 0 aromatic rings.